The number of anilines is 1. The predicted molar refractivity (Wildman–Crippen MR) is 71.5 cm³/mol. The first kappa shape index (κ1) is 13.5. The van der Waals surface area contributed by atoms with Crippen LogP contribution in [0.2, 0.25) is 0 Å². The average Bonchev–Trinajstić information content (AvgIpc) is 2.93. The highest BCUT2D eigenvalue weighted by Gasteiger charge is 2.37. The van der Waals surface area contributed by atoms with E-state index in [2.05, 4.69) is 10.1 Å². The predicted octanol–water partition coefficient (Wildman–Crippen LogP) is 2.42. The van der Waals surface area contributed by atoms with Crippen LogP contribution in [0.25, 0.3) is 11.0 Å². The molecule has 0 aliphatic rings. The van der Waals surface area contributed by atoms with E-state index in [9.17, 15) is 13.2 Å². The zero-order valence-corrected chi connectivity index (χ0v) is 11.1. The molecule has 2 heterocycles. The molecule has 0 saturated carbocycles. The Balaban J connectivity index is 2.17. The van der Waals surface area contributed by atoms with Crippen LogP contribution in [0, 0.1) is 0 Å². The van der Waals surface area contributed by atoms with Crippen LogP contribution in [0.15, 0.2) is 30.6 Å². The summed E-state index contributed by atoms with van der Waals surface area (Å²) in [7, 11) is 1.71. The Labute approximate surface area is 117 Å². The van der Waals surface area contributed by atoms with Crippen LogP contribution >= 0.6 is 0 Å². The lowest BCUT2D eigenvalue weighted by Gasteiger charge is -2.10. The largest absolute Gasteiger partial charge is 0.449 e. The summed E-state index contributed by atoms with van der Waals surface area (Å²) in [4.78, 5) is 3.68. The van der Waals surface area contributed by atoms with Crippen molar-refractivity contribution in [1.82, 2.24) is 19.3 Å². The van der Waals surface area contributed by atoms with Gasteiger partial charge in [-0.3, -0.25) is 4.68 Å². The minimum atomic E-state index is -4.53. The second-order valence-corrected chi connectivity index (χ2v) is 4.79. The molecule has 8 heteroatoms. The molecular formula is C13H12F3N5. The molecular weight excluding hydrogens is 283 g/mol. The van der Waals surface area contributed by atoms with Crippen molar-refractivity contribution in [3.05, 3.63) is 42.0 Å². The zero-order valence-electron chi connectivity index (χ0n) is 11.1. The van der Waals surface area contributed by atoms with Gasteiger partial charge >= 0.3 is 6.18 Å². The van der Waals surface area contributed by atoms with Crippen LogP contribution in [-0.2, 0) is 19.8 Å². The quantitative estimate of drug-likeness (QED) is 0.739. The van der Waals surface area contributed by atoms with E-state index in [1.54, 1.807) is 30.1 Å². The molecule has 5 nitrogen and oxygen atoms in total. The number of nitrogens with two attached hydrogens (primary N) is 1. The normalized spacial score (nSPS) is 12.2. The van der Waals surface area contributed by atoms with Gasteiger partial charge in [0, 0.05) is 24.5 Å². The molecule has 0 radical (unpaired) electrons. The molecule has 0 atom stereocenters. The Morgan fingerprint density at radius 2 is 2.05 bits per heavy atom. The standard InChI is InChI=1S/C13H12F3N5/c1-20-6-8(5-18-20)7-21-11-3-2-9(17)4-10(11)19-12(21)13(14,15)16/h2-6H,7,17H2,1H3. The van der Waals surface area contributed by atoms with Gasteiger partial charge in [0.15, 0.2) is 0 Å². The van der Waals surface area contributed by atoms with Gasteiger partial charge in [0.1, 0.15) is 0 Å². The molecule has 0 unspecified atom stereocenters. The van der Waals surface area contributed by atoms with Crippen molar-refractivity contribution in [3.8, 4) is 0 Å². The fraction of sp³-hybridized carbons (Fsp3) is 0.231. The van der Waals surface area contributed by atoms with Crippen LogP contribution in [0.3, 0.4) is 0 Å². The first-order chi connectivity index (χ1) is 9.84. The summed E-state index contributed by atoms with van der Waals surface area (Å²) < 4.78 is 42.2. The van der Waals surface area contributed by atoms with E-state index in [4.69, 9.17) is 5.73 Å². The number of nitrogen functional groups attached to an aromatic ring is 1. The van der Waals surface area contributed by atoms with Gasteiger partial charge in [0.25, 0.3) is 0 Å². The van der Waals surface area contributed by atoms with Gasteiger partial charge in [-0.25, -0.2) is 4.98 Å². The van der Waals surface area contributed by atoms with E-state index in [0.717, 1.165) is 4.57 Å². The van der Waals surface area contributed by atoms with Crippen molar-refractivity contribution in [2.45, 2.75) is 12.7 Å². The van der Waals surface area contributed by atoms with Crippen LogP contribution in [0.5, 0.6) is 0 Å². The van der Waals surface area contributed by atoms with Gasteiger partial charge in [-0.05, 0) is 18.2 Å². The van der Waals surface area contributed by atoms with Crippen LogP contribution < -0.4 is 5.73 Å². The molecule has 0 saturated heterocycles. The minimum Gasteiger partial charge on any atom is -0.399 e. The summed E-state index contributed by atoms with van der Waals surface area (Å²) >= 11 is 0. The molecule has 1 aromatic carbocycles. The Morgan fingerprint density at radius 1 is 1.29 bits per heavy atom. The van der Waals surface area contributed by atoms with Gasteiger partial charge in [-0.2, -0.15) is 18.3 Å². The zero-order chi connectivity index (χ0) is 15.2. The maximum absolute atomic E-state index is 13.2. The summed E-state index contributed by atoms with van der Waals surface area (Å²) in [5.74, 6) is -0.938. The smallest absolute Gasteiger partial charge is 0.399 e. The van der Waals surface area contributed by atoms with Gasteiger partial charge in [0.05, 0.1) is 23.8 Å². The van der Waals surface area contributed by atoms with E-state index >= 15 is 0 Å². The number of rotatable bonds is 2. The number of aromatic nitrogens is 4. The Kier molecular flexibility index (Phi) is 2.89. The molecule has 0 amide bonds. The molecule has 3 rings (SSSR count). The molecule has 0 fully saturated rings. The molecule has 3 aromatic rings. The van der Waals surface area contributed by atoms with Crippen LogP contribution in [0.4, 0.5) is 18.9 Å². The van der Waals surface area contributed by atoms with E-state index in [1.165, 1.54) is 12.3 Å². The lowest BCUT2D eigenvalue weighted by atomic mass is 10.2. The number of hydrogen-bond acceptors (Lipinski definition) is 3. The molecule has 0 aliphatic heterocycles. The van der Waals surface area contributed by atoms with E-state index in [1.807, 2.05) is 0 Å². The Morgan fingerprint density at radius 3 is 2.67 bits per heavy atom. The maximum Gasteiger partial charge on any atom is 0.449 e. The third kappa shape index (κ3) is 2.44. The highest BCUT2D eigenvalue weighted by Crippen LogP contribution is 2.32. The lowest BCUT2D eigenvalue weighted by Crippen LogP contribution is -2.15. The van der Waals surface area contributed by atoms with Gasteiger partial charge in [0.2, 0.25) is 5.82 Å². The average molecular weight is 295 g/mol. The number of benzene rings is 1. The second-order valence-electron chi connectivity index (χ2n) is 4.79. The Hall–Kier alpha value is -2.51. The van der Waals surface area contributed by atoms with Crippen molar-refractivity contribution >= 4 is 16.7 Å². The summed E-state index contributed by atoms with van der Waals surface area (Å²) in [5.41, 5.74) is 7.26. The molecule has 0 aliphatic carbocycles. The molecule has 2 N–H and O–H groups in total. The molecule has 21 heavy (non-hydrogen) atoms. The van der Waals surface area contributed by atoms with E-state index in [-0.39, 0.29) is 12.1 Å². The number of imidazole rings is 1. The Bertz CT molecular complexity index is 800. The van der Waals surface area contributed by atoms with Gasteiger partial charge < -0.3 is 10.3 Å². The van der Waals surface area contributed by atoms with Crippen molar-refractivity contribution < 1.29 is 13.2 Å². The number of nitrogens with zero attached hydrogens (tertiary/aromatic N) is 4. The number of alkyl halides is 3. The third-order valence-corrected chi connectivity index (χ3v) is 3.12. The SMILES string of the molecule is Cn1cc(Cn2c(C(F)(F)F)nc3cc(N)ccc32)cn1. The number of fused-ring (bicyclic) bond motifs is 1. The fourth-order valence-electron chi connectivity index (χ4n) is 2.26. The van der Waals surface area contributed by atoms with Gasteiger partial charge in [-0.15, -0.1) is 0 Å². The fourth-order valence-corrected chi connectivity index (χ4v) is 2.26. The van der Waals surface area contributed by atoms with E-state index < -0.39 is 12.0 Å². The highest BCUT2D eigenvalue weighted by molar-refractivity contribution is 5.79. The summed E-state index contributed by atoms with van der Waals surface area (Å²) in [5, 5.41) is 3.96. The van der Waals surface area contributed by atoms with Crippen molar-refractivity contribution in [2.75, 3.05) is 5.73 Å². The molecule has 0 spiro atoms. The first-order valence-electron chi connectivity index (χ1n) is 6.15. The van der Waals surface area contributed by atoms with Crippen molar-refractivity contribution in [2.24, 2.45) is 7.05 Å². The van der Waals surface area contributed by atoms with Crippen molar-refractivity contribution in [1.29, 1.82) is 0 Å². The third-order valence-electron chi connectivity index (χ3n) is 3.12. The summed E-state index contributed by atoms with van der Waals surface area (Å²) in [6, 6.07) is 4.54. The molecule has 110 valence electrons. The van der Waals surface area contributed by atoms with Gasteiger partial charge in [-0.1, -0.05) is 0 Å². The first-order valence-corrected chi connectivity index (χ1v) is 6.15. The summed E-state index contributed by atoms with van der Waals surface area (Å²) in [6.45, 7) is 0.0447. The lowest BCUT2D eigenvalue weighted by molar-refractivity contribution is -0.146. The number of hydrogen-bond donors (Lipinski definition) is 1. The topological polar surface area (TPSA) is 61.7 Å². The van der Waals surface area contributed by atoms with E-state index in [0.29, 0.717) is 16.8 Å². The highest BCUT2D eigenvalue weighted by atomic mass is 19.4. The van der Waals surface area contributed by atoms with Crippen LogP contribution in [0.1, 0.15) is 11.4 Å². The second kappa shape index (κ2) is 4.51. The van der Waals surface area contributed by atoms with Crippen molar-refractivity contribution in [3.63, 3.8) is 0 Å². The number of halogens is 3. The monoisotopic (exact) mass is 295 g/mol. The molecule has 2 aromatic heterocycles. The molecule has 0 bridgehead atoms. The maximum atomic E-state index is 13.2. The summed E-state index contributed by atoms with van der Waals surface area (Å²) in [6.07, 6.45) is -1.33. The minimum absolute atomic E-state index is 0.0447. The van der Waals surface area contributed by atoms with Crippen LogP contribution in [-0.4, -0.2) is 19.3 Å². The number of aryl methyl sites for hydroxylation is 1.